The van der Waals surface area contributed by atoms with Crippen molar-refractivity contribution in [2.24, 2.45) is 5.41 Å². The first-order valence-electron chi connectivity index (χ1n) is 11.4. The Morgan fingerprint density at radius 2 is 1.51 bits per heavy atom. The molecule has 0 bridgehead atoms. The van der Waals surface area contributed by atoms with E-state index in [1.807, 2.05) is 51.1 Å². The van der Waals surface area contributed by atoms with E-state index >= 15 is 0 Å². The lowest BCUT2D eigenvalue weighted by molar-refractivity contribution is -0.120. The van der Waals surface area contributed by atoms with Crippen LogP contribution in [0.4, 0.5) is 4.39 Å². The largest absolute Gasteiger partial charge is 0.342 e. The van der Waals surface area contributed by atoms with Crippen molar-refractivity contribution < 1.29 is 18.2 Å². The van der Waals surface area contributed by atoms with Crippen molar-refractivity contribution in [2.45, 2.75) is 44.6 Å². The molecule has 0 radical (unpaired) electrons. The quantitative estimate of drug-likeness (QED) is 0.416. The maximum absolute atomic E-state index is 13.2. The molecule has 0 aliphatic heterocycles. The van der Waals surface area contributed by atoms with Crippen molar-refractivity contribution in [2.75, 3.05) is 5.75 Å². The molecule has 2 atom stereocenters. The Labute approximate surface area is 206 Å². The smallest absolute Gasteiger partial charge is 0.251 e. The Bertz CT molecular complexity index is 1260. The Morgan fingerprint density at radius 1 is 0.914 bits per heavy atom. The third-order valence-electron chi connectivity index (χ3n) is 5.40. The molecule has 0 aromatic heterocycles. The fourth-order valence-corrected chi connectivity index (χ4v) is 5.74. The average Bonchev–Trinajstić information content (AvgIpc) is 2.78. The van der Waals surface area contributed by atoms with Gasteiger partial charge in [0.25, 0.3) is 5.91 Å². The van der Waals surface area contributed by atoms with Gasteiger partial charge in [-0.3, -0.25) is 9.59 Å². The first-order chi connectivity index (χ1) is 16.4. The van der Waals surface area contributed by atoms with E-state index in [2.05, 4.69) is 5.32 Å². The van der Waals surface area contributed by atoms with Gasteiger partial charge in [0.15, 0.2) is 5.78 Å². The number of hydrogen-bond donors (Lipinski definition) is 2. The van der Waals surface area contributed by atoms with Crippen LogP contribution in [0.2, 0.25) is 0 Å². The molecule has 0 spiro atoms. The molecular weight excluding hydrogens is 463 g/mol. The van der Waals surface area contributed by atoms with Gasteiger partial charge in [-0.1, -0.05) is 63.2 Å². The topological polar surface area (TPSA) is 87.1 Å². The molecule has 0 heterocycles. The van der Waals surface area contributed by atoms with Gasteiger partial charge in [-0.05, 0) is 59.4 Å². The summed E-state index contributed by atoms with van der Waals surface area (Å²) in [5.41, 5.74) is 1.63. The maximum atomic E-state index is 13.2. The van der Waals surface area contributed by atoms with Crippen LogP contribution in [-0.2, 0) is 27.4 Å². The number of carbonyl (C=O) groups excluding carboxylic acids is 2. The lowest BCUT2D eigenvalue weighted by Gasteiger charge is -2.20. The van der Waals surface area contributed by atoms with E-state index in [4.69, 9.17) is 4.78 Å². The normalized spacial score (nSPS) is 14.1. The highest BCUT2D eigenvalue weighted by Crippen LogP contribution is 2.23. The third-order valence-corrected chi connectivity index (χ3v) is 7.71. The predicted octanol–water partition coefficient (Wildman–Crippen LogP) is 5.43. The highest BCUT2D eigenvalue weighted by atomic mass is 32.2. The minimum atomic E-state index is -2.94. The fraction of sp³-hybridized carbons (Fsp3) is 0.286. The van der Waals surface area contributed by atoms with Crippen LogP contribution < -0.4 is 5.32 Å². The number of carbonyl (C=O) groups is 2. The van der Waals surface area contributed by atoms with Gasteiger partial charge >= 0.3 is 0 Å². The van der Waals surface area contributed by atoms with Gasteiger partial charge in [-0.15, -0.1) is 0 Å². The molecule has 0 aliphatic carbocycles. The first-order valence-corrected chi connectivity index (χ1v) is 13.1. The molecule has 3 aromatic rings. The SMILES string of the molecule is CC(C)(C)CS(=N)(=O)c1ccc(CC(=O)[C@H](Cc2ccccc2)NC(=O)c2ccc(F)cc2)cc1. The Kier molecular flexibility index (Phi) is 8.22. The number of ketones is 1. The lowest BCUT2D eigenvalue weighted by atomic mass is 9.97. The Morgan fingerprint density at radius 3 is 2.09 bits per heavy atom. The maximum Gasteiger partial charge on any atom is 0.251 e. The van der Waals surface area contributed by atoms with Crippen molar-refractivity contribution in [3.05, 3.63) is 101 Å². The number of rotatable bonds is 9. The van der Waals surface area contributed by atoms with E-state index in [-0.39, 0.29) is 28.9 Å². The summed E-state index contributed by atoms with van der Waals surface area (Å²) in [4.78, 5) is 26.4. The van der Waals surface area contributed by atoms with E-state index in [0.29, 0.717) is 16.9 Å². The molecule has 1 amide bonds. The molecule has 0 aliphatic rings. The predicted molar refractivity (Wildman–Crippen MR) is 136 cm³/mol. The molecule has 2 N–H and O–H groups in total. The number of hydrogen-bond acceptors (Lipinski definition) is 4. The zero-order valence-electron chi connectivity index (χ0n) is 20.2. The highest BCUT2D eigenvalue weighted by molar-refractivity contribution is 7.92. The van der Waals surface area contributed by atoms with Crippen molar-refractivity contribution in [1.29, 1.82) is 4.78 Å². The monoisotopic (exact) mass is 494 g/mol. The number of amides is 1. The van der Waals surface area contributed by atoms with Crippen molar-refractivity contribution in [3.8, 4) is 0 Å². The second-order valence-electron chi connectivity index (χ2n) is 9.89. The van der Waals surface area contributed by atoms with Crippen LogP contribution in [0.3, 0.4) is 0 Å². The molecular formula is C28H31FN2O3S. The van der Waals surface area contributed by atoms with Crippen LogP contribution in [-0.4, -0.2) is 27.7 Å². The molecule has 35 heavy (non-hydrogen) atoms. The van der Waals surface area contributed by atoms with Gasteiger partial charge in [0.2, 0.25) is 0 Å². The molecule has 7 heteroatoms. The summed E-state index contributed by atoms with van der Waals surface area (Å²) in [6.07, 6.45) is 0.386. The van der Waals surface area contributed by atoms with Gasteiger partial charge in [-0.2, -0.15) is 0 Å². The summed E-state index contributed by atoms with van der Waals surface area (Å²) in [5, 5.41) is 2.80. The van der Waals surface area contributed by atoms with E-state index < -0.39 is 27.5 Å². The summed E-state index contributed by atoms with van der Waals surface area (Å²) >= 11 is 0. The van der Waals surface area contributed by atoms with Crippen LogP contribution in [0.25, 0.3) is 0 Å². The van der Waals surface area contributed by atoms with Crippen LogP contribution in [0.1, 0.15) is 42.3 Å². The van der Waals surface area contributed by atoms with E-state index in [0.717, 1.165) is 5.56 Å². The van der Waals surface area contributed by atoms with Crippen LogP contribution in [0.5, 0.6) is 0 Å². The molecule has 184 valence electrons. The highest BCUT2D eigenvalue weighted by Gasteiger charge is 2.23. The van der Waals surface area contributed by atoms with Gasteiger partial charge in [0.05, 0.1) is 15.8 Å². The summed E-state index contributed by atoms with van der Waals surface area (Å²) in [5.74, 6) is -0.836. The average molecular weight is 495 g/mol. The second-order valence-corrected chi connectivity index (χ2v) is 12.0. The van der Waals surface area contributed by atoms with E-state index in [1.54, 1.807) is 24.3 Å². The molecule has 3 aromatic carbocycles. The van der Waals surface area contributed by atoms with E-state index in [1.165, 1.54) is 24.3 Å². The summed E-state index contributed by atoms with van der Waals surface area (Å²) in [7, 11) is -2.94. The number of nitrogens with one attached hydrogen (secondary N) is 2. The summed E-state index contributed by atoms with van der Waals surface area (Å²) in [6, 6.07) is 20.5. The van der Waals surface area contributed by atoms with Crippen LogP contribution in [0, 0.1) is 16.0 Å². The minimum absolute atomic E-state index is 0.0694. The molecule has 1 unspecified atom stereocenters. The minimum Gasteiger partial charge on any atom is -0.342 e. The second kappa shape index (κ2) is 11.0. The van der Waals surface area contributed by atoms with Gasteiger partial charge in [0, 0.05) is 22.6 Å². The Balaban J connectivity index is 1.77. The van der Waals surface area contributed by atoms with Crippen molar-refractivity contribution in [3.63, 3.8) is 0 Å². The standard InChI is InChI=1S/C28H31FN2O3S/c1-28(2,3)19-35(30,34)24-15-9-21(10-16-24)18-26(32)25(17-20-7-5-4-6-8-20)31-27(33)22-11-13-23(29)14-12-22/h4-16,25,30H,17-19H2,1-3H3,(H,31,33)/t25-,35?/m0/s1. The molecule has 0 saturated carbocycles. The summed E-state index contributed by atoms with van der Waals surface area (Å²) in [6.45, 7) is 5.84. The van der Waals surface area contributed by atoms with Gasteiger partial charge in [-0.25, -0.2) is 13.4 Å². The molecule has 5 nitrogen and oxygen atoms in total. The molecule has 3 rings (SSSR count). The number of benzene rings is 3. The first kappa shape index (κ1) is 26.3. The third kappa shape index (κ3) is 7.86. The van der Waals surface area contributed by atoms with E-state index in [9.17, 15) is 18.2 Å². The summed E-state index contributed by atoms with van der Waals surface area (Å²) < 4.78 is 34.4. The van der Waals surface area contributed by atoms with Gasteiger partial charge < -0.3 is 5.32 Å². The molecule has 0 fully saturated rings. The van der Waals surface area contributed by atoms with Crippen LogP contribution >= 0.6 is 0 Å². The number of halogens is 1. The molecule has 0 saturated heterocycles. The van der Waals surface area contributed by atoms with Crippen LogP contribution in [0.15, 0.2) is 83.8 Å². The van der Waals surface area contributed by atoms with Crippen molar-refractivity contribution in [1.82, 2.24) is 5.32 Å². The van der Waals surface area contributed by atoms with Gasteiger partial charge in [0.1, 0.15) is 5.82 Å². The zero-order chi connectivity index (χ0) is 25.6. The fourth-order valence-electron chi connectivity index (χ4n) is 3.78. The Hall–Kier alpha value is -3.32. The lowest BCUT2D eigenvalue weighted by Crippen LogP contribution is -2.43. The zero-order valence-corrected chi connectivity index (χ0v) is 21.0. The van der Waals surface area contributed by atoms with Crippen molar-refractivity contribution >= 4 is 21.4 Å². The number of Topliss-reactive ketones (excluding diaryl/α,β-unsaturated/α-hetero) is 1.